The largest absolute Gasteiger partial charge is 0.324 e. The lowest BCUT2D eigenvalue weighted by Gasteiger charge is -2.36. The van der Waals surface area contributed by atoms with Crippen LogP contribution in [0, 0.1) is 6.92 Å². The molecule has 2 aromatic carbocycles. The smallest absolute Gasteiger partial charge is 0.321 e. The Labute approximate surface area is 186 Å². The van der Waals surface area contributed by atoms with Gasteiger partial charge in [-0.05, 0) is 53.4 Å². The molecule has 158 valence electrons. The van der Waals surface area contributed by atoms with E-state index in [1.54, 1.807) is 0 Å². The third kappa shape index (κ3) is 4.61. The Morgan fingerprint density at radius 1 is 1.07 bits per heavy atom. The van der Waals surface area contributed by atoms with Crippen LogP contribution in [-0.2, 0) is 6.54 Å². The number of amides is 4. The van der Waals surface area contributed by atoms with E-state index in [-0.39, 0.29) is 18.1 Å². The maximum atomic E-state index is 12.9. The highest BCUT2D eigenvalue weighted by molar-refractivity contribution is 9.10. The second kappa shape index (κ2) is 9.08. The molecule has 2 fully saturated rings. The summed E-state index contributed by atoms with van der Waals surface area (Å²) in [6.07, 6.45) is 1.63. The highest BCUT2D eigenvalue weighted by Gasteiger charge is 2.36. The molecular weight excluding hydrogens is 444 g/mol. The molecule has 0 atom stereocenters. The molecule has 7 heteroatoms. The number of para-hydroxylation sites is 1. The van der Waals surface area contributed by atoms with Crippen LogP contribution in [0.25, 0.3) is 0 Å². The van der Waals surface area contributed by atoms with Crippen molar-refractivity contribution in [1.29, 1.82) is 0 Å². The topological polar surface area (TPSA) is 55.9 Å². The second-order valence-corrected chi connectivity index (χ2v) is 8.87. The van der Waals surface area contributed by atoms with Crippen LogP contribution in [0.5, 0.6) is 0 Å². The number of carbonyl (C=O) groups excluding carboxylic acids is 2. The number of rotatable bonds is 4. The molecule has 2 saturated heterocycles. The van der Waals surface area contributed by atoms with Gasteiger partial charge in [0, 0.05) is 43.2 Å². The first-order chi connectivity index (χ1) is 14.5. The van der Waals surface area contributed by atoms with Crippen molar-refractivity contribution in [3.05, 3.63) is 64.1 Å². The zero-order valence-electron chi connectivity index (χ0n) is 17.2. The summed E-state index contributed by atoms with van der Waals surface area (Å²) in [6.45, 7) is 5.56. The lowest BCUT2D eigenvalue weighted by Crippen LogP contribution is -2.49. The molecule has 2 heterocycles. The molecule has 4 rings (SSSR count). The number of hydrogen-bond donors (Lipinski definition) is 1. The summed E-state index contributed by atoms with van der Waals surface area (Å²) in [5.41, 5.74) is 3.15. The van der Waals surface area contributed by atoms with E-state index in [2.05, 4.69) is 46.4 Å². The molecule has 1 N–H and O–H groups in total. The Balaban J connectivity index is 1.29. The van der Waals surface area contributed by atoms with Crippen molar-refractivity contribution < 1.29 is 9.59 Å². The Hall–Kier alpha value is -2.54. The van der Waals surface area contributed by atoms with E-state index in [4.69, 9.17) is 0 Å². The molecular formula is C23H27BrN4O2. The average Bonchev–Trinajstić information content (AvgIpc) is 3.10. The van der Waals surface area contributed by atoms with Crippen LogP contribution in [0.1, 0.15) is 24.0 Å². The fraction of sp³-hybridized carbons (Fsp3) is 0.391. The van der Waals surface area contributed by atoms with Crippen LogP contribution in [0.2, 0.25) is 0 Å². The maximum Gasteiger partial charge on any atom is 0.321 e. The molecule has 0 saturated carbocycles. The maximum absolute atomic E-state index is 12.9. The lowest BCUT2D eigenvalue weighted by molar-refractivity contribution is 0.139. The van der Waals surface area contributed by atoms with Gasteiger partial charge in [0.1, 0.15) is 0 Å². The third-order valence-corrected chi connectivity index (χ3v) is 6.58. The number of urea groups is 2. The lowest BCUT2D eigenvalue weighted by atomic mass is 10.0. The van der Waals surface area contributed by atoms with Gasteiger partial charge in [-0.1, -0.05) is 42.0 Å². The van der Waals surface area contributed by atoms with Gasteiger partial charge in [-0.25, -0.2) is 9.59 Å². The van der Waals surface area contributed by atoms with Crippen LogP contribution in [0.15, 0.2) is 53.0 Å². The predicted octanol–water partition coefficient (Wildman–Crippen LogP) is 4.69. The minimum Gasteiger partial charge on any atom is -0.324 e. The van der Waals surface area contributed by atoms with Gasteiger partial charge in [0.05, 0.1) is 5.69 Å². The fourth-order valence-electron chi connectivity index (χ4n) is 4.26. The highest BCUT2D eigenvalue weighted by Crippen LogP contribution is 2.25. The van der Waals surface area contributed by atoms with Crippen molar-refractivity contribution in [3.63, 3.8) is 0 Å². The van der Waals surface area contributed by atoms with Crippen molar-refractivity contribution in [2.45, 2.75) is 32.4 Å². The normalized spacial score (nSPS) is 17.5. The number of halogens is 1. The van der Waals surface area contributed by atoms with Gasteiger partial charge in [0.25, 0.3) is 0 Å². The highest BCUT2D eigenvalue weighted by atomic mass is 79.9. The van der Waals surface area contributed by atoms with Crippen molar-refractivity contribution in [2.75, 3.05) is 31.5 Å². The van der Waals surface area contributed by atoms with Crippen molar-refractivity contribution in [3.8, 4) is 0 Å². The molecule has 2 aromatic rings. The number of aryl methyl sites for hydroxylation is 1. The first-order valence-corrected chi connectivity index (χ1v) is 11.2. The zero-order valence-corrected chi connectivity index (χ0v) is 18.8. The van der Waals surface area contributed by atoms with E-state index in [0.717, 1.165) is 36.1 Å². The number of hydrogen-bond acceptors (Lipinski definition) is 2. The van der Waals surface area contributed by atoms with E-state index in [1.807, 2.05) is 45.0 Å². The Bertz CT molecular complexity index is 927. The molecule has 6 nitrogen and oxygen atoms in total. The molecule has 0 aliphatic carbocycles. The summed E-state index contributed by atoms with van der Waals surface area (Å²) >= 11 is 3.46. The summed E-state index contributed by atoms with van der Waals surface area (Å²) in [5, 5.41) is 2.96. The van der Waals surface area contributed by atoms with Crippen molar-refractivity contribution >= 4 is 33.7 Å². The molecule has 2 aliphatic heterocycles. The van der Waals surface area contributed by atoms with Gasteiger partial charge in [-0.3, -0.25) is 0 Å². The van der Waals surface area contributed by atoms with Crippen LogP contribution in [0.4, 0.5) is 15.3 Å². The molecule has 0 bridgehead atoms. The number of benzene rings is 2. The summed E-state index contributed by atoms with van der Waals surface area (Å²) in [5.74, 6) is 0. The quantitative estimate of drug-likeness (QED) is 0.704. The van der Waals surface area contributed by atoms with Crippen LogP contribution in [-0.4, -0.2) is 59.0 Å². The van der Waals surface area contributed by atoms with Gasteiger partial charge in [-0.2, -0.15) is 0 Å². The van der Waals surface area contributed by atoms with E-state index in [1.165, 1.54) is 11.1 Å². The number of piperidine rings is 1. The minimum absolute atomic E-state index is 0.0887. The first-order valence-electron chi connectivity index (χ1n) is 10.4. The average molecular weight is 471 g/mol. The minimum atomic E-state index is -0.0887. The Morgan fingerprint density at radius 3 is 2.57 bits per heavy atom. The van der Waals surface area contributed by atoms with E-state index >= 15 is 0 Å². The Kier molecular flexibility index (Phi) is 6.27. The predicted molar refractivity (Wildman–Crippen MR) is 121 cm³/mol. The molecule has 0 unspecified atom stereocenters. The molecule has 4 amide bonds. The van der Waals surface area contributed by atoms with E-state index in [0.29, 0.717) is 19.6 Å². The number of nitrogens with one attached hydrogen (secondary N) is 1. The van der Waals surface area contributed by atoms with Crippen LogP contribution in [0.3, 0.4) is 0 Å². The summed E-state index contributed by atoms with van der Waals surface area (Å²) in [6, 6.07) is 16.1. The SMILES string of the molecule is Cc1cccc(CN2CCN(C3CCN(C(=O)Nc4ccccc4Br)CC3)C2=O)c1. The van der Waals surface area contributed by atoms with Gasteiger partial charge < -0.3 is 20.0 Å². The van der Waals surface area contributed by atoms with Crippen molar-refractivity contribution in [2.24, 2.45) is 0 Å². The molecule has 0 aromatic heterocycles. The summed E-state index contributed by atoms with van der Waals surface area (Å²) in [7, 11) is 0. The number of anilines is 1. The van der Waals surface area contributed by atoms with Crippen LogP contribution < -0.4 is 5.32 Å². The van der Waals surface area contributed by atoms with E-state index in [9.17, 15) is 9.59 Å². The van der Waals surface area contributed by atoms with E-state index < -0.39 is 0 Å². The molecule has 0 spiro atoms. The second-order valence-electron chi connectivity index (χ2n) is 8.01. The third-order valence-electron chi connectivity index (χ3n) is 5.89. The van der Waals surface area contributed by atoms with Crippen LogP contribution >= 0.6 is 15.9 Å². The van der Waals surface area contributed by atoms with Gasteiger partial charge in [-0.15, -0.1) is 0 Å². The van der Waals surface area contributed by atoms with Gasteiger partial charge in [0.2, 0.25) is 0 Å². The number of nitrogens with zero attached hydrogens (tertiary/aromatic N) is 3. The molecule has 2 aliphatic rings. The standard InChI is InChI=1S/C23H27BrN4O2/c1-17-5-4-6-18(15-17)16-27-13-14-28(23(27)30)19-9-11-26(12-10-19)22(29)25-21-8-3-2-7-20(21)24/h2-8,15,19H,9-14,16H2,1H3,(H,25,29). The fourth-order valence-corrected chi connectivity index (χ4v) is 4.64. The number of carbonyl (C=O) groups is 2. The van der Waals surface area contributed by atoms with Gasteiger partial charge in [0.15, 0.2) is 0 Å². The number of likely N-dealkylation sites (tertiary alicyclic amines) is 1. The van der Waals surface area contributed by atoms with Gasteiger partial charge >= 0.3 is 12.1 Å². The Morgan fingerprint density at radius 2 is 1.83 bits per heavy atom. The first kappa shape index (κ1) is 20.7. The summed E-state index contributed by atoms with van der Waals surface area (Å²) in [4.78, 5) is 31.3. The zero-order chi connectivity index (χ0) is 21.1. The molecule has 0 radical (unpaired) electrons. The summed E-state index contributed by atoms with van der Waals surface area (Å²) < 4.78 is 0.865. The molecule has 30 heavy (non-hydrogen) atoms. The van der Waals surface area contributed by atoms with Crippen molar-refractivity contribution in [1.82, 2.24) is 14.7 Å². The monoisotopic (exact) mass is 470 g/mol.